The van der Waals surface area contributed by atoms with Gasteiger partial charge in [-0.15, -0.1) is 10.2 Å². The predicted octanol–water partition coefficient (Wildman–Crippen LogP) is 5.20. The van der Waals surface area contributed by atoms with Crippen LogP contribution >= 0.6 is 11.8 Å². The molecule has 0 aliphatic carbocycles. The van der Waals surface area contributed by atoms with Crippen molar-refractivity contribution in [1.29, 1.82) is 0 Å². The number of fused-ring (bicyclic) bond motifs is 3. The first kappa shape index (κ1) is 24.1. The largest absolute Gasteiger partial charge is 0.348 e. The van der Waals surface area contributed by atoms with Crippen molar-refractivity contribution in [3.05, 3.63) is 93.0 Å². The normalized spacial score (nSPS) is 11.6. The Balaban J connectivity index is 1.53. The number of thioether (sulfide) groups is 1. The molecule has 0 N–H and O–H groups in total. The highest BCUT2D eigenvalue weighted by Crippen LogP contribution is 2.24. The maximum absolute atomic E-state index is 13.4. The van der Waals surface area contributed by atoms with Crippen molar-refractivity contribution >= 4 is 34.2 Å². The zero-order valence-corrected chi connectivity index (χ0v) is 21.8. The molecular formula is C28H29N5O2S. The van der Waals surface area contributed by atoms with Crippen LogP contribution in [0.5, 0.6) is 0 Å². The second-order valence-electron chi connectivity index (χ2n) is 9.16. The van der Waals surface area contributed by atoms with Crippen LogP contribution in [0.3, 0.4) is 0 Å². The lowest BCUT2D eigenvalue weighted by Crippen LogP contribution is -2.24. The van der Waals surface area contributed by atoms with Crippen LogP contribution in [0.4, 0.5) is 0 Å². The quantitative estimate of drug-likeness (QED) is 0.217. The van der Waals surface area contributed by atoms with Crippen molar-refractivity contribution < 1.29 is 4.79 Å². The van der Waals surface area contributed by atoms with Gasteiger partial charge in [-0.1, -0.05) is 60.6 Å². The van der Waals surface area contributed by atoms with Gasteiger partial charge in [-0.2, -0.15) is 0 Å². The molecule has 0 amide bonds. The van der Waals surface area contributed by atoms with E-state index in [-0.39, 0.29) is 17.1 Å². The van der Waals surface area contributed by atoms with E-state index in [2.05, 4.69) is 21.7 Å². The minimum absolute atomic E-state index is 0.0597. The van der Waals surface area contributed by atoms with Crippen LogP contribution in [0.2, 0.25) is 0 Å². The van der Waals surface area contributed by atoms with E-state index in [4.69, 9.17) is 0 Å². The fourth-order valence-electron chi connectivity index (χ4n) is 4.70. The second kappa shape index (κ2) is 9.78. The summed E-state index contributed by atoms with van der Waals surface area (Å²) in [5.41, 5.74) is 5.65. The van der Waals surface area contributed by atoms with Crippen molar-refractivity contribution in [2.45, 2.75) is 52.4 Å². The summed E-state index contributed by atoms with van der Waals surface area (Å²) >= 11 is 1.35. The monoisotopic (exact) mass is 499 g/mol. The maximum atomic E-state index is 13.4. The Kier molecular flexibility index (Phi) is 6.53. The molecule has 0 saturated carbocycles. The van der Waals surface area contributed by atoms with Gasteiger partial charge in [0, 0.05) is 23.5 Å². The van der Waals surface area contributed by atoms with Gasteiger partial charge in [0.2, 0.25) is 5.78 Å². The summed E-state index contributed by atoms with van der Waals surface area (Å²) in [6.07, 6.45) is 1.02. The molecule has 7 nitrogen and oxygen atoms in total. The predicted molar refractivity (Wildman–Crippen MR) is 144 cm³/mol. The number of benzene rings is 2. The summed E-state index contributed by atoms with van der Waals surface area (Å²) in [7, 11) is 0. The number of hydrogen-bond acceptors (Lipinski definition) is 5. The van der Waals surface area contributed by atoms with E-state index < -0.39 is 0 Å². The number of para-hydroxylation sites is 1. The minimum Gasteiger partial charge on any atom is -0.348 e. The zero-order valence-electron chi connectivity index (χ0n) is 21.0. The highest BCUT2D eigenvalue weighted by molar-refractivity contribution is 7.99. The number of ketones is 1. The third kappa shape index (κ3) is 4.26. The lowest BCUT2D eigenvalue weighted by atomic mass is 10.1. The second-order valence-corrected chi connectivity index (χ2v) is 10.1. The third-order valence-corrected chi connectivity index (χ3v) is 7.52. The molecule has 0 aliphatic rings. The van der Waals surface area contributed by atoms with Crippen LogP contribution in [0.15, 0.2) is 64.5 Å². The van der Waals surface area contributed by atoms with Crippen molar-refractivity contribution in [2.75, 3.05) is 5.75 Å². The van der Waals surface area contributed by atoms with Gasteiger partial charge in [0.05, 0.1) is 23.2 Å². The summed E-state index contributed by atoms with van der Waals surface area (Å²) in [5.74, 6) is 0.766. The summed E-state index contributed by atoms with van der Waals surface area (Å²) in [6.45, 7) is 9.50. The number of hydrogen-bond donors (Lipinski definition) is 0. The van der Waals surface area contributed by atoms with Crippen LogP contribution in [0, 0.1) is 20.8 Å². The highest BCUT2D eigenvalue weighted by Gasteiger charge is 2.20. The zero-order chi connectivity index (χ0) is 25.4. The highest BCUT2D eigenvalue weighted by atomic mass is 32.2. The first-order valence-electron chi connectivity index (χ1n) is 12.1. The first-order valence-corrected chi connectivity index (χ1v) is 13.1. The molecule has 8 heteroatoms. The van der Waals surface area contributed by atoms with Gasteiger partial charge in [-0.25, -0.2) is 0 Å². The molecule has 0 fully saturated rings. The van der Waals surface area contributed by atoms with Crippen molar-refractivity contribution in [1.82, 2.24) is 23.7 Å². The number of carbonyl (C=O) groups is 1. The van der Waals surface area contributed by atoms with Gasteiger partial charge in [-0.3, -0.25) is 18.6 Å². The molecule has 0 spiro atoms. The van der Waals surface area contributed by atoms with Gasteiger partial charge < -0.3 is 4.57 Å². The van der Waals surface area contributed by atoms with Gasteiger partial charge >= 0.3 is 0 Å². The summed E-state index contributed by atoms with van der Waals surface area (Å²) in [6, 6.07) is 17.6. The van der Waals surface area contributed by atoms with E-state index in [1.54, 1.807) is 4.57 Å². The van der Waals surface area contributed by atoms with Gasteiger partial charge in [-0.05, 0) is 51.0 Å². The SMILES string of the molecule is CCCn1c(C)cc(C(=O)CSc2nnc3n(Cc4ccc(C)cc4)c(=O)c4ccccc4n23)c1C. The lowest BCUT2D eigenvalue weighted by Gasteiger charge is -2.11. The fourth-order valence-corrected chi connectivity index (χ4v) is 5.53. The van der Waals surface area contributed by atoms with Crippen LogP contribution in [0.1, 0.15) is 46.2 Å². The Labute approximate surface area is 213 Å². The summed E-state index contributed by atoms with van der Waals surface area (Å²) < 4.78 is 5.75. The third-order valence-electron chi connectivity index (χ3n) is 6.59. The Bertz CT molecular complexity index is 1640. The van der Waals surface area contributed by atoms with Crippen LogP contribution in [-0.4, -0.2) is 35.3 Å². The molecule has 5 aromatic rings. The average Bonchev–Trinajstić information content (AvgIpc) is 3.43. The van der Waals surface area contributed by atoms with Crippen LogP contribution in [0.25, 0.3) is 16.7 Å². The van der Waals surface area contributed by atoms with E-state index >= 15 is 0 Å². The van der Waals surface area contributed by atoms with Gasteiger partial charge in [0.15, 0.2) is 10.9 Å². The van der Waals surface area contributed by atoms with E-state index in [0.717, 1.165) is 46.6 Å². The summed E-state index contributed by atoms with van der Waals surface area (Å²) in [4.78, 5) is 26.6. The number of carbonyl (C=O) groups excluding carboxylic acids is 1. The Morgan fingerprint density at radius 2 is 1.72 bits per heavy atom. The van der Waals surface area contributed by atoms with Gasteiger partial charge in [0.1, 0.15) is 0 Å². The molecule has 0 radical (unpaired) electrons. The van der Waals surface area contributed by atoms with Gasteiger partial charge in [0.25, 0.3) is 5.56 Å². The smallest absolute Gasteiger partial charge is 0.263 e. The number of rotatable bonds is 8. The Morgan fingerprint density at radius 3 is 2.47 bits per heavy atom. The molecule has 3 aromatic heterocycles. The van der Waals surface area contributed by atoms with Crippen LogP contribution in [-0.2, 0) is 13.1 Å². The molecule has 0 unspecified atom stereocenters. The van der Waals surface area contributed by atoms with Crippen molar-refractivity contribution in [2.24, 2.45) is 0 Å². The number of nitrogens with zero attached hydrogens (tertiary/aromatic N) is 5. The van der Waals surface area contributed by atoms with E-state index in [1.807, 2.05) is 79.8 Å². The van der Waals surface area contributed by atoms with E-state index in [1.165, 1.54) is 11.8 Å². The van der Waals surface area contributed by atoms with Crippen molar-refractivity contribution in [3.63, 3.8) is 0 Å². The number of Topliss-reactive ketones (excluding diaryl/α,β-unsaturated/α-hetero) is 1. The Morgan fingerprint density at radius 1 is 0.972 bits per heavy atom. The molecule has 0 bridgehead atoms. The molecule has 2 aromatic carbocycles. The van der Waals surface area contributed by atoms with E-state index in [9.17, 15) is 9.59 Å². The Hall–Kier alpha value is -3.65. The standard InChI is InChI=1S/C28H29N5O2S/c1-5-14-31-19(3)15-23(20(31)4)25(34)17-36-28-30-29-27-32(16-21-12-10-18(2)11-13-21)26(35)22-8-6-7-9-24(22)33(27)28/h6-13,15H,5,14,16-17H2,1-4H3. The minimum atomic E-state index is -0.109. The topological polar surface area (TPSA) is 74.2 Å². The number of aromatic nitrogens is 5. The van der Waals surface area contributed by atoms with Crippen molar-refractivity contribution in [3.8, 4) is 0 Å². The number of aryl methyl sites for hydroxylation is 2. The first-order chi connectivity index (χ1) is 17.4. The molecule has 0 atom stereocenters. The molecule has 0 saturated heterocycles. The molecule has 5 rings (SSSR count). The van der Waals surface area contributed by atoms with Crippen LogP contribution < -0.4 is 5.56 Å². The fraction of sp³-hybridized carbons (Fsp3) is 0.286. The molecule has 184 valence electrons. The molecule has 3 heterocycles. The lowest BCUT2D eigenvalue weighted by molar-refractivity contribution is 0.102. The molecule has 36 heavy (non-hydrogen) atoms. The molecule has 0 aliphatic heterocycles. The molecular weight excluding hydrogens is 470 g/mol. The summed E-state index contributed by atoms with van der Waals surface area (Å²) in [5, 5.41) is 9.98. The van der Waals surface area contributed by atoms with E-state index in [0.29, 0.717) is 22.9 Å². The maximum Gasteiger partial charge on any atom is 0.263 e. The average molecular weight is 500 g/mol.